The second-order valence-electron chi connectivity index (χ2n) is 2.34. The molecular weight excluding hydrogens is 136 g/mol. The van der Waals surface area contributed by atoms with Crippen LogP contribution in [0.3, 0.4) is 0 Å². The standard InChI is InChI=1S/C9H8N2/c1-2-5-9-10-6-4-8-11(9)7-3-1/h1-8H/p+1. The van der Waals surface area contributed by atoms with E-state index >= 15 is 0 Å². The Morgan fingerprint density at radius 1 is 1.09 bits per heavy atom. The maximum absolute atomic E-state index is 3.13. The van der Waals surface area contributed by atoms with E-state index in [9.17, 15) is 0 Å². The van der Waals surface area contributed by atoms with Gasteiger partial charge in [-0.15, -0.1) is 0 Å². The van der Waals surface area contributed by atoms with Crippen molar-refractivity contribution < 1.29 is 4.58 Å². The van der Waals surface area contributed by atoms with Gasteiger partial charge in [-0.1, -0.05) is 12.2 Å². The second-order valence-corrected chi connectivity index (χ2v) is 2.34. The van der Waals surface area contributed by atoms with Gasteiger partial charge in [-0.05, 0) is 6.08 Å². The molecule has 1 N–H and O–H groups in total. The number of nitrogens with zero attached hydrogens (tertiary/aromatic N) is 1. The summed E-state index contributed by atoms with van der Waals surface area (Å²) < 4.78 is 2.03. The summed E-state index contributed by atoms with van der Waals surface area (Å²) >= 11 is 0. The monoisotopic (exact) mass is 145 g/mol. The van der Waals surface area contributed by atoms with Crippen molar-refractivity contribution >= 4 is 6.21 Å². The molecule has 2 rings (SSSR count). The maximum atomic E-state index is 3.13. The van der Waals surface area contributed by atoms with Gasteiger partial charge in [0.15, 0.2) is 0 Å². The molecule has 0 spiro atoms. The van der Waals surface area contributed by atoms with E-state index in [0.717, 1.165) is 5.82 Å². The summed E-state index contributed by atoms with van der Waals surface area (Å²) in [6.45, 7) is 0. The summed E-state index contributed by atoms with van der Waals surface area (Å²) in [5, 5.41) is 3.13. The van der Waals surface area contributed by atoms with Crippen molar-refractivity contribution in [3.63, 3.8) is 0 Å². The lowest BCUT2D eigenvalue weighted by atomic mass is 10.4. The van der Waals surface area contributed by atoms with Crippen LogP contribution in [0.2, 0.25) is 0 Å². The number of allylic oxidation sites excluding steroid dienone is 5. The molecule has 0 amide bonds. The number of fused-ring (bicyclic) bond motifs is 1. The van der Waals surface area contributed by atoms with Crippen molar-refractivity contribution in [1.82, 2.24) is 5.32 Å². The zero-order chi connectivity index (χ0) is 7.52. The van der Waals surface area contributed by atoms with Crippen LogP contribution in [-0.4, -0.2) is 10.8 Å². The fourth-order valence-corrected chi connectivity index (χ4v) is 1.04. The quantitative estimate of drug-likeness (QED) is 0.505. The van der Waals surface area contributed by atoms with E-state index in [-0.39, 0.29) is 0 Å². The van der Waals surface area contributed by atoms with Crippen LogP contribution >= 0.6 is 0 Å². The summed E-state index contributed by atoms with van der Waals surface area (Å²) in [6.07, 6.45) is 15.9. The Morgan fingerprint density at radius 3 is 3.09 bits per heavy atom. The van der Waals surface area contributed by atoms with Gasteiger partial charge in [-0.25, -0.2) is 9.89 Å². The minimum Gasteiger partial charge on any atom is -0.247 e. The van der Waals surface area contributed by atoms with Crippen LogP contribution < -0.4 is 5.32 Å². The normalized spacial score (nSPS) is 19.6. The molecule has 2 heterocycles. The Hall–Kier alpha value is -1.57. The van der Waals surface area contributed by atoms with Crippen molar-refractivity contribution in [3.8, 4) is 0 Å². The molecule has 0 atom stereocenters. The summed E-state index contributed by atoms with van der Waals surface area (Å²) in [5.41, 5.74) is 0. The smallest absolute Gasteiger partial charge is 0.247 e. The molecule has 0 saturated carbocycles. The Balaban J connectivity index is 2.44. The van der Waals surface area contributed by atoms with Crippen LogP contribution in [0.4, 0.5) is 0 Å². The van der Waals surface area contributed by atoms with Gasteiger partial charge in [-0.3, -0.25) is 0 Å². The first kappa shape index (κ1) is 6.16. The molecule has 2 nitrogen and oxygen atoms in total. The molecular formula is C9H9N2+. The molecule has 2 heteroatoms. The molecule has 0 aromatic heterocycles. The summed E-state index contributed by atoms with van der Waals surface area (Å²) in [5.74, 6) is 1.08. The molecule has 0 aliphatic carbocycles. The van der Waals surface area contributed by atoms with Gasteiger partial charge in [0, 0.05) is 12.2 Å². The van der Waals surface area contributed by atoms with Crippen LogP contribution in [-0.2, 0) is 0 Å². The average Bonchev–Trinajstić information content (AvgIpc) is 2.28. The number of rotatable bonds is 0. The molecule has 0 aromatic carbocycles. The van der Waals surface area contributed by atoms with Gasteiger partial charge >= 0.3 is 0 Å². The maximum Gasteiger partial charge on any atom is 0.283 e. The lowest BCUT2D eigenvalue weighted by molar-refractivity contribution is -0.401. The van der Waals surface area contributed by atoms with Gasteiger partial charge in [0.2, 0.25) is 0 Å². The van der Waals surface area contributed by atoms with Gasteiger partial charge in [0.05, 0.1) is 18.6 Å². The molecule has 0 saturated heterocycles. The zero-order valence-electron chi connectivity index (χ0n) is 6.07. The third kappa shape index (κ3) is 1.15. The Bertz CT molecular complexity index is 304. The Kier molecular flexibility index (Phi) is 1.44. The van der Waals surface area contributed by atoms with Crippen molar-refractivity contribution in [1.29, 1.82) is 0 Å². The predicted octanol–water partition coefficient (Wildman–Crippen LogP) is 1.11. The first-order valence-electron chi connectivity index (χ1n) is 3.57. The molecule has 0 aromatic rings. The number of hydrogen-bond acceptors (Lipinski definition) is 1. The van der Waals surface area contributed by atoms with Crippen molar-refractivity contribution in [2.45, 2.75) is 0 Å². The Labute approximate surface area is 65.5 Å². The fourth-order valence-electron chi connectivity index (χ4n) is 1.04. The lowest BCUT2D eigenvalue weighted by Gasteiger charge is -2.03. The van der Waals surface area contributed by atoms with Crippen LogP contribution in [0, 0.1) is 0 Å². The molecule has 2 aliphatic rings. The summed E-state index contributed by atoms with van der Waals surface area (Å²) in [7, 11) is 0. The molecule has 11 heavy (non-hydrogen) atoms. The van der Waals surface area contributed by atoms with Crippen molar-refractivity contribution in [2.24, 2.45) is 0 Å². The van der Waals surface area contributed by atoms with E-state index in [0.29, 0.717) is 0 Å². The minimum absolute atomic E-state index is 1.08. The number of hydrogen-bond donors (Lipinski definition) is 1. The highest BCUT2D eigenvalue weighted by Crippen LogP contribution is 2.01. The molecule has 0 unspecified atom stereocenters. The largest absolute Gasteiger partial charge is 0.283 e. The van der Waals surface area contributed by atoms with E-state index in [4.69, 9.17) is 0 Å². The molecule has 0 fully saturated rings. The molecule has 2 aliphatic heterocycles. The molecule has 0 bridgehead atoms. The van der Waals surface area contributed by atoms with E-state index in [1.807, 2.05) is 53.6 Å². The highest BCUT2D eigenvalue weighted by atomic mass is 15.1. The Morgan fingerprint density at radius 2 is 2.09 bits per heavy atom. The van der Waals surface area contributed by atoms with Gasteiger partial charge in [-0.2, -0.15) is 0 Å². The van der Waals surface area contributed by atoms with Crippen LogP contribution in [0.15, 0.2) is 48.6 Å². The topological polar surface area (TPSA) is 15.0 Å². The summed E-state index contributed by atoms with van der Waals surface area (Å²) in [4.78, 5) is 0. The van der Waals surface area contributed by atoms with Crippen LogP contribution in [0.25, 0.3) is 0 Å². The van der Waals surface area contributed by atoms with E-state index in [1.54, 1.807) is 0 Å². The molecule has 0 radical (unpaired) electrons. The van der Waals surface area contributed by atoms with Gasteiger partial charge < -0.3 is 0 Å². The fraction of sp³-hybridized carbons (Fsp3) is 0. The third-order valence-corrected chi connectivity index (χ3v) is 1.58. The first-order chi connectivity index (χ1) is 5.47. The second kappa shape index (κ2) is 2.58. The first-order valence-corrected chi connectivity index (χ1v) is 3.57. The van der Waals surface area contributed by atoms with Gasteiger partial charge in [0.25, 0.3) is 5.82 Å². The van der Waals surface area contributed by atoms with Crippen molar-refractivity contribution in [2.75, 3.05) is 0 Å². The lowest BCUT2D eigenvalue weighted by Crippen LogP contribution is -2.20. The highest BCUT2D eigenvalue weighted by molar-refractivity contribution is 5.67. The zero-order valence-corrected chi connectivity index (χ0v) is 6.07. The highest BCUT2D eigenvalue weighted by Gasteiger charge is 2.08. The van der Waals surface area contributed by atoms with E-state index in [2.05, 4.69) is 5.32 Å². The number of nitrogens with one attached hydrogen (secondary N) is 1. The van der Waals surface area contributed by atoms with Crippen LogP contribution in [0.5, 0.6) is 0 Å². The molecule has 54 valence electrons. The average molecular weight is 145 g/mol. The summed E-state index contributed by atoms with van der Waals surface area (Å²) in [6, 6.07) is 0. The van der Waals surface area contributed by atoms with E-state index in [1.165, 1.54) is 0 Å². The third-order valence-electron chi connectivity index (χ3n) is 1.58. The predicted molar refractivity (Wildman–Crippen MR) is 45.0 cm³/mol. The minimum atomic E-state index is 1.08. The van der Waals surface area contributed by atoms with Crippen molar-refractivity contribution in [3.05, 3.63) is 48.6 Å². The van der Waals surface area contributed by atoms with Crippen LogP contribution in [0.1, 0.15) is 0 Å². The SMILES string of the molecule is C1=CC=C2NC=CC=[N+]2C=C1. The van der Waals surface area contributed by atoms with E-state index < -0.39 is 0 Å². The van der Waals surface area contributed by atoms with Gasteiger partial charge in [0.1, 0.15) is 0 Å².